The third kappa shape index (κ3) is 4.95. The van der Waals surface area contributed by atoms with Crippen LogP contribution in [0.15, 0.2) is 24.3 Å². The molecule has 1 aliphatic heterocycles. The van der Waals surface area contributed by atoms with Crippen LogP contribution in [0.4, 0.5) is 0 Å². The second kappa shape index (κ2) is 8.51. The Kier molecular flexibility index (Phi) is 6.39. The van der Waals surface area contributed by atoms with Crippen LogP contribution in [0.2, 0.25) is 0 Å². The molecule has 2 N–H and O–H groups in total. The molecule has 124 valence electrons. The Morgan fingerprint density at radius 2 is 2.09 bits per heavy atom. The quantitative estimate of drug-likeness (QED) is 0.823. The molecule has 0 bridgehead atoms. The van der Waals surface area contributed by atoms with Gasteiger partial charge in [-0.3, -0.25) is 4.79 Å². The highest BCUT2D eigenvalue weighted by atomic mass is 16.5. The van der Waals surface area contributed by atoms with Crippen LogP contribution < -0.4 is 10.1 Å². The van der Waals surface area contributed by atoms with Crippen LogP contribution in [-0.4, -0.2) is 43.0 Å². The van der Waals surface area contributed by atoms with E-state index in [4.69, 9.17) is 14.7 Å². The van der Waals surface area contributed by atoms with Crippen molar-refractivity contribution in [2.75, 3.05) is 19.8 Å². The number of hydrogen-bond acceptors (Lipinski definition) is 5. The molecular formula is C17H22N2O4. The molecule has 1 aromatic carbocycles. The van der Waals surface area contributed by atoms with Crippen LogP contribution in [0.5, 0.6) is 5.75 Å². The lowest BCUT2D eigenvalue weighted by atomic mass is 9.92. The van der Waals surface area contributed by atoms with Crippen molar-refractivity contribution in [1.29, 1.82) is 5.26 Å². The number of carbonyl (C=O) groups excluding carboxylic acids is 1. The Morgan fingerprint density at radius 3 is 2.65 bits per heavy atom. The van der Waals surface area contributed by atoms with Crippen molar-refractivity contribution in [3.8, 4) is 11.8 Å². The molecule has 23 heavy (non-hydrogen) atoms. The van der Waals surface area contributed by atoms with E-state index in [2.05, 4.69) is 5.32 Å². The van der Waals surface area contributed by atoms with Crippen LogP contribution in [-0.2, 0) is 9.53 Å². The SMILES string of the molecule is CC(Oc1ccc(C#N)cc1)C(=O)NC(CO)C1CCOCC1. The zero-order chi connectivity index (χ0) is 16.7. The van der Waals surface area contributed by atoms with Gasteiger partial charge in [-0.05, 0) is 49.9 Å². The fraction of sp³-hybridized carbons (Fsp3) is 0.529. The highest BCUT2D eigenvalue weighted by Gasteiger charge is 2.27. The largest absolute Gasteiger partial charge is 0.481 e. The molecule has 0 aliphatic carbocycles. The first-order chi connectivity index (χ1) is 11.1. The maximum atomic E-state index is 12.3. The number of carbonyl (C=O) groups is 1. The molecule has 1 saturated heterocycles. The number of aliphatic hydroxyl groups is 1. The smallest absolute Gasteiger partial charge is 0.261 e. The minimum atomic E-state index is -0.683. The van der Waals surface area contributed by atoms with E-state index in [0.717, 1.165) is 12.8 Å². The summed E-state index contributed by atoms with van der Waals surface area (Å²) in [6.45, 7) is 2.88. The molecule has 1 fully saturated rings. The number of hydrogen-bond donors (Lipinski definition) is 2. The first kappa shape index (κ1) is 17.3. The van der Waals surface area contributed by atoms with E-state index in [0.29, 0.717) is 24.5 Å². The van der Waals surface area contributed by atoms with Gasteiger partial charge in [-0.15, -0.1) is 0 Å². The maximum Gasteiger partial charge on any atom is 0.261 e. The second-order valence-corrected chi connectivity index (χ2v) is 5.64. The van der Waals surface area contributed by atoms with E-state index in [1.54, 1.807) is 31.2 Å². The summed E-state index contributed by atoms with van der Waals surface area (Å²) < 4.78 is 10.9. The van der Waals surface area contributed by atoms with E-state index < -0.39 is 6.10 Å². The van der Waals surface area contributed by atoms with Gasteiger partial charge in [0.25, 0.3) is 5.91 Å². The molecule has 1 amide bonds. The molecule has 0 spiro atoms. The summed E-state index contributed by atoms with van der Waals surface area (Å²) in [6, 6.07) is 8.34. The summed E-state index contributed by atoms with van der Waals surface area (Å²) in [4.78, 5) is 12.3. The summed E-state index contributed by atoms with van der Waals surface area (Å²) in [5.41, 5.74) is 0.536. The fourth-order valence-electron chi connectivity index (χ4n) is 2.60. The van der Waals surface area contributed by atoms with Crippen LogP contribution in [0.25, 0.3) is 0 Å². The standard InChI is InChI=1S/C17H22N2O4/c1-12(23-15-4-2-13(10-18)3-5-15)17(21)19-16(11-20)14-6-8-22-9-7-14/h2-5,12,14,16,20H,6-9,11H2,1H3,(H,19,21). The zero-order valence-electron chi connectivity index (χ0n) is 13.2. The third-order valence-electron chi connectivity index (χ3n) is 4.02. The number of nitrogens with zero attached hydrogens (tertiary/aromatic N) is 1. The number of ether oxygens (including phenoxy) is 2. The molecule has 0 radical (unpaired) electrons. The Morgan fingerprint density at radius 1 is 1.43 bits per heavy atom. The van der Waals surface area contributed by atoms with Gasteiger partial charge in [-0.25, -0.2) is 0 Å². The van der Waals surface area contributed by atoms with Gasteiger partial charge < -0.3 is 19.9 Å². The Labute approximate surface area is 136 Å². The van der Waals surface area contributed by atoms with E-state index in [9.17, 15) is 9.90 Å². The highest BCUT2D eigenvalue weighted by molar-refractivity contribution is 5.81. The van der Waals surface area contributed by atoms with Crippen LogP contribution >= 0.6 is 0 Å². The van der Waals surface area contributed by atoms with E-state index >= 15 is 0 Å². The monoisotopic (exact) mass is 318 g/mol. The summed E-state index contributed by atoms with van der Waals surface area (Å²) in [5, 5.41) is 21.1. The first-order valence-electron chi connectivity index (χ1n) is 7.80. The van der Waals surface area contributed by atoms with E-state index in [1.807, 2.05) is 6.07 Å². The topological polar surface area (TPSA) is 91.6 Å². The minimum absolute atomic E-state index is 0.0972. The third-order valence-corrected chi connectivity index (χ3v) is 4.02. The Balaban J connectivity index is 1.88. The van der Waals surface area contributed by atoms with Gasteiger partial charge in [-0.2, -0.15) is 5.26 Å². The van der Waals surface area contributed by atoms with Gasteiger partial charge >= 0.3 is 0 Å². The zero-order valence-corrected chi connectivity index (χ0v) is 13.2. The molecule has 2 unspecified atom stereocenters. The predicted molar refractivity (Wildman–Crippen MR) is 83.8 cm³/mol. The Bertz CT molecular complexity index is 547. The molecule has 1 heterocycles. The predicted octanol–water partition coefficient (Wildman–Crippen LogP) is 1.23. The van der Waals surface area contributed by atoms with Gasteiger partial charge in [0.2, 0.25) is 0 Å². The highest BCUT2D eigenvalue weighted by Crippen LogP contribution is 2.19. The average molecular weight is 318 g/mol. The molecule has 2 rings (SSSR count). The molecule has 0 aromatic heterocycles. The molecule has 1 aliphatic rings. The van der Waals surface area contributed by atoms with E-state index in [-0.39, 0.29) is 24.5 Å². The number of rotatable bonds is 6. The van der Waals surface area contributed by atoms with Crippen molar-refractivity contribution in [3.05, 3.63) is 29.8 Å². The number of benzene rings is 1. The normalized spacial score (nSPS) is 17.8. The van der Waals surface area contributed by atoms with Crippen LogP contribution in [0.1, 0.15) is 25.3 Å². The van der Waals surface area contributed by atoms with Gasteiger partial charge in [0.1, 0.15) is 5.75 Å². The molecule has 1 aromatic rings. The minimum Gasteiger partial charge on any atom is -0.481 e. The van der Waals surface area contributed by atoms with Crippen molar-refractivity contribution in [1.82, 2.24) is 5.32 Å². The molecular weight excluding hydrogens is 296 g/mol. The number of amides is 1. The van der Waals surface area contributed by atoms with Gasteiger partial charge in [0.15, 0.2) is 6.10 Å². The van der Waals surface area contributed by atoms with Crippen LogP contribution in [0, 0.1) is 17.2 Å². The van der Waals surface area contributed by atoms with Crippen molar-refractivity contribution in [2.45, 2.75) is 31.9 Å². The number of nitrogens with one attached hydrogen (secondary N) is 1. The second-order valence-electron chi connectivity index (χ2n) is 5.64. The number of nitriles is 1. The van der Waals surface area contributed by atoms with Crippen LogP contribution in [0.3, 0.4) is 0 Å². The Hall–Kier alpha value is -2.10. The average Bonchev–Trinajstić information content (AvgIpc) is 2.60. The first-order valence-corrected chi connectivity index (χ1v) is 7.80. The van der Waals surface area contributed by atoms with Crippen molar-refractivity contribution < 1.29 is 19.4 Å². The lowest BCUT2D eigenvalue weighted by Crippen LogP contribution is -2.48. The van der Waals surface area contributed by atoms with Gasteiger partial charge in [0, 0.05) is 13.2 Å². The lowest BCUT2D eigenvalue weighted by molar-refractivity contribution is -0.129. The number of aliphatic hydroxyl groups excluding tert-OH is 1. The summed E-state index contributed by atoms with van der Waals surface area (Å²) in [5.74, 6) is 0.484. The van der Waals surface area contributed by atoms with Gasteiger partial charge in [-0.1, -0.05) is 0 Å². The van der Waals surface area contributed by atoms with Crippen molar-refractivity contribution in [3.63, 3.8) is 0 Å². The molecule has 6 heteroatoms. The lowest BCUT2D eigenvalue weighted by Gasteiger charge is -2.30. The summed E-state index contributed by atoms with van der Waals surface area (Å²) >= 11 is 0. The fourth-order valence-corrected chi connectivity index (χ4v) is 2.60. The van der Waals surface area contributed by atoms with Crippen molar-refractivity contribution >= 4 is 5.91 Å². The van der Waals surface area contributed by atoms with Gasteiger partial charge in [0.05, 0.1) is 24.3 Å². The molecule has 6 nitrogen and oxygen atoms in total. The summed E-state index contributed by atoms with van der Waals surface area (Å²) in [7, 11) is 0. The summed E-state index contributed by atoms with van der Waals surface area (Å²) in [6.07, 6.45) is 0.976. The van der Waals surface area contributed by atoms with Crippen molar-refractivity contribution in [2.24, 2.45) is 5.92 Å². The molecule has 2 atom stereocenters. The maximum absolute atomic E-state index is 12.3. The molecule has 0 saturated carbocycles. The van der Waals surface area contributed by atoms with E-state index in [1.165, 1.54) is 0 Å².